The number of hydrogen-bond donors (Lipinski definition) is 2. The molecule has 0 saturated heterocycles. The van der Waals surface area contributed by atoms with Gasteiger partial charge in [0, 0.05) is 32.5 Å². The van der Waals surface area contributed by atoms with Crippen LogP contribution >= 0.6 is 24.0 Å². The van der Waals surface area contributed by atoms with Crippen molar-refractivity contribution in [1.82, 2.24) is 20.2 Å². The van der Waals surface area contributed by atoms with E-state index in [1.54, 1.807) is 26.7 Å². The number of methoxy groups -OCH3 is 1. The lowest BCUT2D eigenvalue weighted by Crippen LogP contribution is -2.38. The van der Waals surface area contributed by atoms with Gasteiger partial charge >= 0.3 is 0 Å². The van der Waals surface area contributed by atoms with Gasteiger partial charge in [0.2, 0.25) is 0 Å². The number of nitrogens with one attached hydrogen (secondary N) is 2. The molecule has 0 radical (unpaired) electrons. The molecule has 6 nitrogen and oxygen atoms in total. The summed E-state index contributed by atoms with van der Waals surface area (Å²) < 4.78 is 7.41. The van der Waals surface area contributed by atoms with Gasteiger partial charge in [-0.2, -0.15) is 0 Å². The molecule has 0 saturated carbocycles. The Kier molecular flexibility index (Phi) is 8.80. The van der Waals surface area contributed by atoms with Crippen molar-refractivity contribution in [2.75, 3.05) is 20.7 Å². The summed E-state index contributed by atoms with van der Waals surface area (Å²) in [4.78, 5) is 8.44. The average molecular weight is 491 g/mol. The molecule has 0 aliphatic rings. The van der Waals surface area contributed by atoms with Gasteiger partial charge in [-0.1, -0.05) is 36.4 Å². The summed E-state index contributed by atoms with van der Waals surface area (Å²) in [5.74, 6) is 1.68. The van der Waals surface area contributed by atoms with Gasteiger partial charge in [0.25, 0.3) is 0 Å². The van der Waals surface area contributed by atoms with Gasteiger partial charge in [-0.05, 0) is 29.7 Å². The zero-order valence-electron chi connectivity index (χ0n) is 16.1. The fourth-order valence-corrected chi connectivity index (χ4v) is 2.94. The third kappa shape index (κ3) is 5.72. The fourth-order valence-electron chi connectivity index (χ4n) is 2.94. The first kappa shape index (κ1) is 21.7. The smallest absolute Gasteiger partial charge is 0.191 e. The summed E-state index contributed by atoms with van der Waals surface area (Å²) in [6.45, 7) is 1.44. The second kappa shape index (κ2) is 11.3. The van der Waals surface area contributed by atoms with Crippen LogP contribution < -0.4 is 15.4 Å². The molecule has 0 bridgehead atoms. The number of guanidine groups is 1. The van der Waals surface area contributed by atoms with E-state index in [-0.39, 0.29) is 24.0 Å². The van der Waals surface area contributed by atoms with E-state index in [1.807, 2.05) is 41.1 Å². The van der Waals surface area contributed by atoms with Crippen molar-refractivity contribution in [3.63, 3.8) is 0 Å². The molecule has 0 aliphatic carbocycles. The summed E-state index contributed by atoms with van der Waals surface area (Å²) in [6.07, 6.45) is 6.39. The second-order valence-electron chi connectivity index (χ2n) is 6.01. The number of imidazole rings is 1. The molecule has 0 atom stereocenters. The summed E-state index contributed by atoms with van der Waals surface area (Å²) >= 11 is 0. The Morgan fingerprint density at radius 3 is 2.54 bits per heavy atom. The Balaban J connectivity index is 0.00000280. The van der Waals surface area contributed by atoms with E-state index in [4.69, 9.17) is 4.74 Å². The first-order valence-corrected chi connectivity index (χ1v) is 8.94. The third-order valence-electron chi connectivity index (χ3n) is 4.32. The number of halogens is 1. The van der Waals surface area contributed by atoms with Crippen LogP contribution in [0, 0.1) is 0 Å². The minimum atomic E-state index is 0. The minimum Gasteiger partial charge on any atom is -0.496 e. The van der Waals surface area contributed by atoms with Crippen LogP contribution in [0.15, 0.2) is 72.2 Å². The normalized spacial score (nSPS) is 10.9. The Morgan fingerprint density at radius 2 is 1.82 bits per heavy atom. The third-order valence-corrected chi connectivity index (χ3v) is 4.32. The molecule has 28 heavy (non-hydrogen) atoms. The molecule has 0 amide bonds. The zero-order valence-corrected chi connectivity index (χ0v) is 18.5. The van der Waals surface area contributed by atoms with E-state index < -0.39 is 0 Å². The van der Waals surface area contributed by atoms with Crippen LogP contribution in [0.1, 0.15) is 11.1 Å². The van der Waals surface area contributed by atoms with Gasteiger partial charge in [0.05, 0.1) is 19.1 Å². The predicted octanol–water partition coefficient (Wildman–Crippen LogP) is 3.41. The summed E-state index contributed by atoms with van der Waals surface area (Å²) in [7, 11) is 3.48. The van der Waals surface area contributed by atoms with E-state index in [0.29, 0.717) is 6.54 Å². The summed E-state index contributed by atoms with van der Waals surface area (Å²) in [5, 5.41) is 6.73. The molecule has 0 fully saturated rings. The first-order valence-electron chi connectivity index (χ1n) is 8.94. The van der Waals surface area contributed by atoms with Gasteiger partial charge in [-0.25, -0.2) is 4.98 Å². The summed E-state index contributed by atoms with van der Waals surface area (Å²) in [6, 6.07) is 16.3. The number of rotatable bonds is 7. The monoisotopic (exact) mass is 491 g/mol. The highest BCUT2D eigenvalue weighted by Crippen LogP contribution is 2.17. The van der Waals surface area contributed by atoms with Crippen molar-refractivity contribution >= 4 is 29.9 Å². The van der Waals surface area contributed by atoms with Crippen LogP contribution in [0.5, 0.6) is 5.75 Å². The van der Waals surface area contributed by atoms with E-state index in [1.165, 1.54) is 11.1 Å². The number of aliphatic imine (C=N–C) groups is 1. The Labute approximate surface area is 183 Å². The van der Waals surface area contributed by atoms with E-state index >= 15 is 0 Å². The van der Waals surface area contributed by atoms with Crippen LogP contribution in [-0.4, -0.2) is 36.2 Å². The lowest BCUT2D eigenvalue weighted by atomic mass is 10.1. The van der Waals surface area contributed by atoms with Crippen molar-refractivity contribution in [1.29, 1.82) is 0 Å². The molecule has 3 rings (SSSR count). The molecule has 2 N–H and O–H groups in total. The SMILES string of the molecule is CN=C(NCCc1ccccc1OC)NCc1ccccc1-n1ccnc1.I. The number of benzene rings is 2. The number of nitrogens with zero attached hydrogens (tertiary/aromatic N) is 3. The highest BCUT2D eigenvalue weighted by Gasteiger charge is 2.06. The average Bonchev–Trinajstić information content (AvgIpc) is 3.25. The fraction of sp³-hybridized carbons (Fsp3) is 0.238. The molecule has 1 heterocycles. The van der Waals surface area contributed by atoms with E-state index in [9.17, 15) is 0 Å². The Morgan fingerprint density at radius 1 is 1.07 bits per heavy atom. The maximum Gasteiger partial charge on any atom is 0.191 e. The molecule has 148 valence electrons. The predicted molar refractivity (Wildman–Crippen MR) is 124 cm³/mol. The minimum absolute atomic E-state index is 0. The molecule has 0 unspecified atom stereocenters. The number of para-hydroxylation sites is 2. The van der Waals surface area contributed by atoms with Crippen LogP contribution in [0.25, 0.3) is 5.69 Å². The van der Waals surface area contributed by atoms with Crippen molar-refractivity contribution in [3.8, 4) is 11.4 Å². The number of aromatic nitrogens is 2. The quantitative estimate of drug-likeness (QED) is 0.302. The van der Waals surface area contributed by atoms with E-state index in [0.717, 1.165) is 30.4 Å². The molecular formula is C21H26IN5O. The topological polar surface area (TPSA) is 63.5 Å². The molecular weight excluding hydrogens is 465 g/mol. The standard InChI is InChI=1S/C21H25N5O.HI/c1-22-21(24-12-11-17-7-4-6-10-20(17)27-2)25-15-18-8-3-5-9-19(18)26-14-13-23-16-26;/h3-10,13-14,16H,11-12,15H2,1-2H3,(H2,22,24,25);1H. The van der Waals surface area contributed by atoms with Crippen molar-refractivity contribution < 1.29 is 4.74 Å². The van der Waals surface area contributed by atoms with Crippen molar-refractivity contribution in [2.45, 2.75) is 13.0 Å². The second-order valence-corrected chi connectivity index (χ2v) is 6.01. The lowest BCUT2D eigenvalue weighted by Gasteiger charge is -2.15. The van der Waals surface area contributed by atoms with Crippen LogP contribution in [-0.2, 0) is 13.0 Å². The lowest BCUT2D eigenvalue weighted by molar-refractivity contribution is 0.409. The van der Waals surface area contributed by atoms with E-state index in [2.05, 4.69) is 38.8 Å². The van der Waals surface area contributed by atoms with Crippen molar-refractivity contribution in [2.24, 2.45) is 4.99 Å². The van der Waals surface area contributed by atoms with Crippen LogP contribution in [0.4, 0.5) is 0 Å². The van der Waals surface area contributed by atoms with Gasteiger partial charge in [-0.3, -0.25) is 4.99 Å². The molecule has 7 heteroatoms. The number of ether oxygens (including phenoxy) is 1. The highest BCUT2D eigenvalue weighted by atomic mass is 127. The molecule has 0 spiro atoms. The first-order chi connectivity index (χ1) is 13.3. The maximum atomic E-state index is 5.40. The largest absolute Gasteiger partial charge is 0.496 e. The van der Waals surface area contributed by atoms with Gasteiger partial charge in [0.1, 0.15) is 5.75 Å². The van der Waals surface area contributed by atoms with Gasteiger partial charge in [0.15, 0.2) is 5.96 Å². The highest BCUT2D eigenvalue weighted by molar-refractivity contribution is 14.0. The molecule has 1 aromatic heterocycles. The Hall–Kier alpha value is -2.55. The number of hydrogen-bond acceptors (Lipinski definition) is 3. The molecule has 0 aliphatic heterocycles. The van der Waals surface area contributed by atoms with Crippen molar-refractivity contribution in [3.05, 3.63) is 78.4 Å². The zero-order chi connectivity index (χ0) is 18.9. The Bertz CT molecular complexity index is 880. The molecule has 3 aromatic rings. The van der Waals surface area contributed by atoms with Gasteiger partial charge in [-0.15, -0.1) is 24.0 Å². The maximum absolute atomic E-state index is 5.40. The van der Waals surface area contributed by atoms with Crippen LogP contribution in [0.2, 0.25) is 0 Å². The van der Waals surface area contributed by atoms with Gasteiger partial charge < -0.3 is 19.9 Å². The van der Waals surface area contributed by atoms with Crippen LogP contribution in [0.3, 0.4) is 0 Å². The molecule has 2 aromatic carbocycles. The summed E-state index contributed by atoms with van der Waals surface area (Å²) in [5.41, 5.74) is 3.45.